The molecule has 2 N–H and O–H groups in total. The second-order valence-electron chi connectivity index (χ2n) is 6.77. The van der Waals surface area contributed by atoms with Gasteiger partial charge in [0.1, 0.15) is 5.75 Å². The zero-order chi connectivity index (χ0) is 20.7. The van der Waals surface area contributed by atoms with E-state index in [9.17, 15) is 9.59 Å². The van der Waals surface area contributed by atoms with Crippen LogP contribution in [-0.2, 0) is 4.79 Å². The van der Waals surface area contributed by atoms with Gasteiger partial charge in [-0.1, -0.05) is 19.9 Å². The van der Waals surface area contributed by atoms with E-state index in [1.807, 2.05) is 6.07 Å². The van der Waals surface area contributed by atoms with Gasteiger partial charge in [-0.05, 0) is 60.6 Å². The Morgan fingerprint density at radius 2 is 1.82 bits per heavy atom. The molecule has 0 unspecified atom stereocenters. The van der Waals surface area contributed by atoms with Gasteiger partial charge >= 0.3 is 0 Å². The predicted octanol–water partition coefficient (Wildman–Crippen LogP) is 3.83. The van der Waals surface area contributed by atoms with Crippen LogP contribution in [0.5, 0.6) is 5.75 Å². The summed E-state index contributed by atoms with van der Waals surface area (Å²) < 4.78 is 5.61. The molecule has 2 amide bonds. The number of benzene rings is 2. The number of carbonyl (C=O) groups excluding carboxylic acids is 2. The Morgan fingerprint density at radius 1 is 1.14 bits per heavy atom. The Kier molecular flexibility index (Phi) is 7.52. The maximum Gasteiger partial charge on any atom is 0.257 e. The lowest BCUT2D eigenvalue weighted by atomic mass is 10.2. The molecule has 6 nitrogen and oxygen atoms in total. The van der Waals surface area contributed by atoms with Crippen LogP contribution in [0.25, 0.3) is 0 Å². The van der Waals surface area contributed by atoms with E-state index in [1.54, 1.807) is 49.5 Å². The minimum absolute atomic E-state index is 0.0751. The highest BCUT2D eigenvalue weighted by molar-refractivity contribution is 7.80. The highest BCUT2D eigenvalue weighted by Crippen LogP contribution is 2.18. The molecule has 28 heavy (non-hydrogen) atoms. The summed E-state index contributed by atoms with van der Waals surface area (Å²) in [6.07, 6.45) is 0. The first-order chi connectivity index (χ1) is 13.3. The fourth-order valence-electron chi connectivity index (χ4n) is 2.28. The summed E-state index contributed by atoms with van der Waals surface area (Å²) >= 11 is 5.22. The van der Waals surface area contributed by atoms with Crippen LogP contribution in [0, 0.1) is 5.92 Å². The van der Waals surface area contributed by atoms with Crippen LogP contribution in [0.15, 0.2) is 48.5 Å². The van der Waals surface area contributed by atoms with Crippen LogP contribution in [0.1, 0.15) is 31.1 Å². The number of nitrogens with one attached hydrogen (secondary N) is 2. The second-order valence-corrected chi connectivity index (χ2v) is 7.17. The van der Waals surface area contributed by atoms with Gasteiger partial charge in [0.15, 0.2) is 5.11 Å². The van der Waals surface area contributed by atoms with Gasteiger partial charge in [-0.25, -0.2) is 0 Å². The molecular formula is C21H25N3O3S. The lowest BCUT2D eigenvalue weighted by Gasteiger charge is -2.16. The van der Waals surface area contributed by atoms with Crippen LogP contribution in [-0.4, -0.2) is 30.6 Å². The van der Waals surface area contributed by atoms with E-state index < -0.39 is 0 Å². The van der Waals surface area contributed by atoms with E-state index in [-0.39, 0.29) is 16.9 Å². The Bertz CT molecular complexity index is 850. The van der Waals surface area contributed by atoms with Gasteiger partial charge in [0.25, 0.3) is 5.91 Å². The van der Waals surface area contributed by atoms with Gasteiger partial charge in [0, 0.05) is 30.9 Å². The lowest BCUT2D eigenvalue weighted by Crippen LogP contribution is -2.34. The van der Waals surface area contributed by atoms with Crippen molar-refractivity contribution in [3.8, 4) is 5.75 Å². The zero-order valence-electron chi connectivity index (χ0n) is 16.5. The number of nitrogens with zero attached hydrogens (tertiary/aromatic N) is 1. The van der Waals surface area contributed by atoms with Gasteiger partial charge in [-0.15, -0.1) is 0 Å². The molecule has 0 spiro atoms. The van der Waals surface area contributed by atoms with Gasteiger partial charge < -0.3 is 15.0 Å². The Hall–Kier alpha value is -2.93. The molecule has 0 radical (unpaired) electrons. The number of amides is 2. The maximum absolute atomic E-state index is 12.4. The van der Waals surface area contributed by atoms with E-state index in [2.05, 4.69) is 24.5 Å². The highest BCUT2D eigenvalue weighted by Gasteiger charge is 2.10. The first-order valence-electron chi connectivity index (χ1n) is 8.96. The summed E-state index contributed by atoms with van der Waals surface area (Å²) in [6.45, 7) is 6.26. The van der Waals surface area contributed by atoms with Crippen LogP contribution in [0.4, 0.5) is 11.4 Å². The van der Waals surface area contributed by atoms with Gasteiger partial charge in [-0.3, -0.25) is 14.9 Å². The number of thiocarbonyl (C=S) groups is 1. The quantitative estimate of drug-likeness (QED) is 0.723. The van der Waals surface area contributed by atoms with Crippen LogP contribution >= 0.6 is 12.2 Å². The zero-order valence-corrected chi connectivity index (χ0v) is 17.3. The van der Waals surface area contributed by atoms with E-state index >= 15 is 0 Å². The molecule has 0 atom stereocenters. The largest absolute Gasteiger partial charge is 0.493 e. The molecule has 7 heteroatoms. The molecule has 0 aromatic heterocycles. The molecular weight excluding hydrogens is 374 g/mol. The molecule has 2 rings (SSSR count). The molecule has 0 saturated carbocycles. The third-order valence-electron chi connectivity index (χ3n) is 3.89. The summed E-state index contributed by atoms with van der Waals surface area (Å²) in [5, 5.41) is 5.78. The van der Waals surface area contributed by atoms with Crippen molar-refractivity contribution < 1.29 is 14.3 Å². The minimum Gasteiger partial charge on any atom is -0.493 e. The SMILES string of the molecule is CC(=O)N(C)c1cccc(NC(=S)NC(=O)c2ccc(OCC(C)C)cc2)c1. The number of carbonyl (C=O) groups is 2. The third-order valence-corrected chi connectivity index (χ3v) is 4.09. The highest BCUT2D eigenvalue weighted by atomic mass is 32.1. The number of rotatable bonds is 6. The van der Waals surface area contributed by atoms with Crippen molar-refractivity contribution in [3.05, 3.63) is 54.1 Å². The number of ether oxygens (including phenoxy) is 1. The molecule has 0 aliphatic rings. The first kappa shape index (κ1) is 21.4. The van der Waals surface area contributed by atoms with Crippen LogP contribution in [0.2, 0.25) is 0 Å². The van der Waals surface area contributed by atoms with Crippen molar-refractivity contribution >= 4 is 40.5 Å². The van der Waals surface area contributed by atoms with Crippen molar-refractivity contribution in [2.45, 2.75) is 20.8 Å². The van der Waals surface area contributed by atoms with Crippen LogP contribution in [0.3, 0.4) is 0 Å². The topological polar surface area (TPSA) is 70.7 Å². The second kappa shape index (κ2) is 9.85. The summed E-state index contributed by atoms with van der Waals surface area (Å²) in [5.74, 6) is 0.760. The number of hydrogen-bond acceptors (Lipinski definition) is 4. The van der Waals surface area contributed by atoms with E-state index in [4.69, 9.17) is 17.0 Å². The van der Waals surface area contributed by atoms with Gasteiger partial charge in [0.05, 0.1) is 6.61 Å². The van der Waals surface area contributed by atoms with E-state index in [1.165, 1.54) is 11.8 Å². The molecule has 0 bridgehead atoms. The van der Waals surface area contributed by atoms with Crippen LogP contribution < -0.4 is 20.3 Å². The standard InChI is InChI=1S/C21H25N3O3S/c1-14(2)13-27-19-10-8-16(9-11-19)20(26)23-21(28)22-17-6-5-7-18(12-17)24(4)15(3)25/h5-12,14H,13H2,1-4H3,(H2,22,23,26,28). The smallest absolute Gasteiger partial charge is 0.257 e. The molecule has 0 aliphatic heterocycles. The number of anilines is 2. The third kappa shape index (κ3) is 6.35. The van der Waals surface area contributed by atoms with Gasteiger partial charge in [0.2, 0.25) is 5.91 Å². The van der Waals surface area contributed by atoms with Crippen molar-refractivity contribution in [1.82, 2.24) is 5.32 Å². The maximum atomic E-state index is 12.4. The molecule has 0 aliphatic carbocycles. The van der Waals surface area contributed by atoms with E-state index in [0.717, 1.165) is 11.4 Å². The predicted molar refractivity (Wildman–Crippen MR) is 116 cm³/mol. The van der Waals surface area contributed by atoms with E-state index in [0.29, 0.717) is 23.8 Å². The van der Waals surface area contributed by atoms with Crippen molar-refractivity contribution in [1.29, 1.82) is 0 Å². The van der Waals surface area contributed by atoms with Crippen molar-refractivity contribution in [2.24, 2.45) is 5.92 Å². The summed E-state index contributed by atoms with van der Waals surface area (Å²) in [4.78, 5) is 25.4. The van der Waals surface area contributed by atoms with Gasteiger partial charge in [-0.2, -0.15) is 0 Å². The molecule has 0 heterocycles. The van der Waals surface area contributed by atoms with Crippen molar-refractivity contribution in [2.75, 3.05) is 23.9 Å². The van der Waals surface area contributed by atoms with Crippen molar-refractivity contribution in [3.63, 3.8) is 0 Å². The Balaban J connectivity index is 1.95. The average molecular weight is 400 g/mol. The Morgan fingerprint density at radius 3 is 2.43 bits per heavy atom. The fraction of sp³-hybridized carbons (Fsp3) is 0.286. The number of hydrogen-bond donors (Lipinski definition) is 2. The molecule has 148 valence electrons. The molecule has 0 fully saturated rings. The summed E-state index contributed by atoms with van der Waals surface area (Å²) in [6, 6.07) is 14.1. The molecule has 0 saturated heterocycles. The lowest BCUT2D eigenvalue weighted by molar-refractivity contribution is -0.116. The fourth-order valence-corrected chi connectivity index (χ4v) is 2.49. The average Bonchev–Trinajstić information content (AvgIpc) is 2.66. The Labute approximate surface area is 170 Å². The summed E-state index contributed by atoms with van der Waals surface area (Å²) in [5.41, 5.74) is 1.88. The molecule has 2 aromatic rings. The normalized spacial score (nSPS) is 10.3. The monoisotopic (exact) mass is 399 g/mol. The first-order valence-corrected chi connectivity index (χ1v) is 9.36. The summed E-state index contributed by atoms with van der Waals surface area (Å²) in [7, 11) is 1.69. The molecule has 2 aromatic carbocycles. The minimum atomic E-state index is -0.315.